The van der Waals surface area contributed by atoms with E-state index in [2.05, 4.69) is 13.8 Å². The second kappa shape index (κ2) is 11.2. The van der Waals surface area contributed by atoms with Crippen LogP contribution in [-0.2, 0) is 19.1 Å². The molecular weight excluding hydrogens is 396 g/mol. The molecule has 0 spiro atoms. The van der Waals surface area contributed by atoms with Crippen molar-refractivity contribution in [3.05, 3.63) is 29.3 Å². The summed E-state index contributed by atoms with van der Waals surface area (Å²) in [7, 11) is 1.60. The Labute approximate surface area is 185 Å². The van der Waals surface area contributed by atoms with Crippen molar-refractivity contribution >= 4 is 17.8 Å². The Bertz CT molecular complexity index is 792. The second-order valence-corrected chi connectivity index (χ2v) is 8.56. The lowest BCUT2D eigenvalue weighted by Gasteiger charge is -2.33. The molecule has 0 aromatic heterocycles. The molecule has 2 rings (SSSR count). The van der Waals surface area contributed by atoms with Crippen molar-refractivity contribution in [3.63, 3.8) is 0 Å². The molecule has 0 aliphatic carbocycles. The molecule has 7 nitrogen and oxygen atoms in total. The summed E-state index contributed by atoms with van der Waals surface area (Å²) in [5.74, 6) is 0.0644. The number of hydrogen-bond donors (Lipinski definition) is 0. The molecule has 0 saturated carbocycles. The van der Waals surface area contributed by atoms with Gasteiger partial charge in [-0.1, -0.05) is 19.9 Å². The molecule has 7 heteroatoms. The van der Waals surface area contributed by atoms with Gasteiger partial charge in [0.15, 0.2) is 6.10 Å². The number of carbonyl (C=O) groups is 3. The van der Waals surface area contributed by atoms with Gasteiger partial charge in [0, 0.05) is 20.1 Å². The van der Waals surface area contributed by atoms with Crippen molar-refractivity contribution in [1.29, 1.82) is 0 Å². The number of ether oxygens (including phenoxy) is 2. The number of rotatable bonds is 8. The minimum atomic E-state index is -0.712. The highest BCUT2D eigenvalue weighted by Gasteiger charge is 2.30. The van der Waals surface area contributed by atoms with Crippen LogP contribution >= 0.6 is 0 Å². The zero-order valence-corrected chi connectivity index (χ0v) is 19.6. The Morgan fingerprint density at radius 2 is 1.94 bits per heavy atom. The van der Waals surface area contributed by atoms with Gasteiger partial charge in [-0.15, -0.1) is 0 Å². The minimum absolute atomic E-state index is 0.0482. The Kier molecular flexibility index (Phi) is 8.89. The number of amides is 2. The van der Waals surface area contributed by atoms with Crippen molar-refractivity contribution in [2.75, 3.05) is 33.3 Å². The highest BCUT2D eigenvalue weighted by atomic mass is 16.5. The number of nitrogens with zero attached hydrogens (tertiary/aromatic N) is 2. The first-order chi connectivity index (χ1) is 14.6. The molecule has 0 bridgehead atoms. The fourth-order valence-electron chi connectivity index (χ4n) is 3.97. The van der Waals surface area contributed by atoms with Crippen molar-refractivity contribution in [2.24, 2.45) is 5.92 Å². The predicted molar refractivity (Wildman–Crippen MR) is 119 cm³/mol. The number of aryl methyl sites for hydroxylation is 1. The van der Waals surface area contributed by atoms with E-state index in [1.807, 2.05) is 25.1 Å². The van der Waals surface area contributed by atoms with Gasteiger partial charge >= 0.3 is 5.97 Å². The van der Waals surface area contributed by atoms with E-state index < -0.39 is 6.10 Å². The number of benzene rings is 1. The Morgan fingerprint density at radius 1 is 1.23 bits per heavy atom. The molecular formula is C24H36N2O5. The van der Waals surface area contributed by atoms with Gasteiger partial charge in [0.2, 0.25) is 5.91 Å². The quantitative estimate of drug-likeness (QED) is 0.590. The standard InChI is InChI=1S/C24H36N2O5/c1-7-30-24(29)19-9-8-12-26(14-19)22(27)15-25(6)23(28)18(5)31-20-10-11-21(16(2)3)17(4)13-20/h10-11,13,16,18-19H,7-9,12,14-15H2,1-6H3. The molecule has 1 aliphatic rings. The fourth-order valence-corrected chi connectivity index (χ4v) is 3.97. The topological polar surface area (TPSA) is 76.2 Å². The highest BCUT2D eigenvalue weighted by molar-refractivity contribution is 5.87. The normalized spacial score (nSPS) is 17.3. The van der Waals surface area contributed by atoms with E-state index in [0.717, 1.165) is 18.4 Å². The minimum Gasteiger partial charge on any atom is -0.481 e. The molecule has 1 aromatic carbocycles. The molecule has 2 amide bonds. The van der Waals surface area contributed by atoms with Crippen LogP contribution in [-0.4, -0.2) is 67.0 Å². The van der Waals surface area contributed by atoms with E-state index >= 15 is 0 Å². The Balaban J connectivity index is 1.91. The van der Waals surface area contributed by atoms with E-state index in [-0.39, 0.29) is 30.2 Å². The zero-order valence-electron chi connectivity index (χ0n) is 19.6. The van der Waals surface area contributed by atoms with E-state index in [0.29, 0.717) is 31.4 Å². The van der Waals surface area contributed by atoms with Crippen LogP contribution < -0.4 is 4.74 Å². The van der Waals surface area contributed by atoms with E-state index in [4.69, 9.17) is 9.47 Å². The van der Waals surface area contributed by atoms with Crippen LogP contribution in [0.3, 0.4) is 0 Å². The lowest BCUT2D eigenvalue weighted by atomic mass is 9.98. The van der Waals surface area contributed by atoms with Gasteiger partial charge in [0.1, 0.15) is 5.75 Å². The maximum absolute atomic E-state index is 12.7. The number of piperidine rings is 1. The summed E-state index contributed by atoms with van der Waals surface area (Å²) in [6.07, 6.45) is 0.755. The summed E-state index contributed by atoms with van der Waals surface area (Å²) < 4.78 is 10.9. The Hall–Kier alpha value is -2.57. The molecule has 0 N–H and O–H groups in total. The molecule has 2 atom stereocenters. The number of esters is 1. The lowest BCUT2D eigenvalue weighted by molar-refractivity contribution is -0.152. The van der Waals surface area contributed by atoms with Crippen LogP contribution in [0.1, 0.15) is 57.6 Å². The van der Waals surface area contributed by atoms with Crippen molar-refractivity contribution < 1.29 is 23.9 Å². The molecule has 1 aliphatic heterocycles. The van der Waals surface area contributed by atoms with Gasteiger partial charge in [-0.05, 0) is 62.8 Å². The Morgan fingerprint density at radius 3 is 2.55 bits per heavy atom. The number of likely N-dealkylation sites (tertiary alicyclic amines) is 1. The van der Waals surface area contributed by atoms with Crippen molar-refractivity contribution in [2.45, 2.75) is 59.5 Å². The third kappa shape index (κ3) is 6.71. The number of hydrogen-bond acceptors (Lipinski definition) is 5. The molecule has 2 unspecified atom stereocenters. The van der Waals surface area contributed by atoms with Crippen molar-refractivity contribution in [1.82, 2.24) is 9.80 Å². The number of likely N-dealkylation sites (N-methyl/N-ethyl adjacent to an activating group) is 1. The number of carbonyl (C=O) groups excluding carboxylic acids is 3. The van der Waals surface area contributed by atoms with E-state index in [9.17, 15) is 14.4 Å². The zero-order chi connectivity index (χ0) is 23.1. The van der Waals surface area contributed by atoms with Gasteiger partial charge in [-0.25, -0.2) is 0 Å². The lowest BCUT2D eigenvalue weighted by Crippen LogP contribution is -2.48. The predicted octanol–water partition coefficient (Wildman–Crippen LogP) is 3.15. The summed E-state index contributed by atoms with van der Waals surface area (Å²) >= 11 is 0. The average molecular weight is 433 g/mol. The molecule has 1 aromatic rings. The summed E-state index contributed by atoms with van der Waals surface area (Å²) in [4.78, 5) is 40.5. The van der Waals surface area contributed by atoms with Gasteiger partial charge in [0.05, 0.1) is 19.1 Å². The maximum atomic E-state index is 12.7. The van der Waals surface area contributed by atoms with Crippen LogP contribution in [0, 0.1) is 12.8 Å². The van der Waals surface area contributed by atoms with Crippen LogP contribution in [0.4, 0.5) is 0 Å². The first-order valence-corrected chi connectivity index (χ1v) is 11.1. The van der Waals surface area contributed by atoms with E-state index in [1.165, 1.54) is 10.5 Å². The summed E-state index contributed by atoms with van der Waals surface area (Å²) in [5, 5.41) is 0. The van der Waals surface area contributed by atoms with Crippen LogP contribution in [0.2, 0.25) is 0 Å². The fraction of sp³-hybridized carbons (Fsp3) is 0.625. The van der Waals surface area contributed by atoms with Gasteiger partial charge in [-0.2, -0.15) is 0 Å². The molecule has 31 heavy (non-hydrogen) atoms. The SMILES string of the molecule is CCOC(=O)C1CCCN(C(=O)CN(C)C(=O)C(C)Oc2ccc(C(C)C)c(C)c2)C1. The van der Waals surface area contributed by atoms with Crippen LogP contribution in [0.25, 0.3) is 0 Å². The van der Waals surface area contributed by atoms with E-state index in [1.54, 1.807) is 25.8 Å². The summed E-state index contributed by atoms with van der Waals surface area (Å²) in [6, 6.07) is 5.84. The summed E-state index contributed by atoms with van der Waals surface area (Å²) in [6.45, 7) is 11.0. The van der Waals surface area contributed by atoms with Gasteiger partial charge in [-0.3, -0.25) is 14.4 Å². The largest absolute Gasteiger partial charge is 0.481 e. The smallest absolute Gasteiger partial charge is 0.310 e. The third-order valence-electron chi connectivity index (χ3n) is 5.67. The van der Waals surface area contributed by atoms with Gasteiger partial charge in [0.25, 0.3) is 5.91 Å². The molecule has 1 saturated heterocycles. The van der Waals surface area contributed by atoms with Crippen LogP contribution in [0.15, 0.2) is 18.2 Å². The molecule has 172 valence electrons. The monoisotopic (exact) mass is 432 g/mol. The van der Waals surface area contributed by atoms with Crippen molar-refractivity contribution in [3.8, 4) is 5.75 Å². The molecule has 0 radical (unpaired) electrons. The third-order valence-corrected chi connectivity index (χ3v) is 5.67. The summed E-state index contributed by atoms with van der Waals surface area (Å²) in [5.41, 5.74) is 2.37. The first kappa shape index (κ1) is 24.7. The molecule has 1 heterocycles. The van der Waals surface area contributed by atoms with Gasteiger partial charge < -0.3 is 19.3 Å². The second-order valence-electron chi connectivity index (χ2n) is 8.56. The average Bonchev–Trinajstić information content (AvgIpc) is 2.73. The maximum Gasteiger partial charge on any atom is 0.310 e. The first-order valence-electron chi connectivity index (χ1n) is 11.1. The molecule has 1 fully saturated rings. The highest BCUT2D eigenvalue weighted by Crippen LogP contribution is 2.24. The van der Waals surface area contributed by atoms with Crippen LogP contribution in [0.5, 0.6) is 5.75 Å².